The third-order valence-electron chi connectivity index (χ3n) is 3.49. The number of nitrogens with two attached hydrogens (primary N) is 1. The van der Waals surface area contributed by atoms with Gasteiger partial charge in [-0.1, -0.05) is 12.1 Å². The molecule has 4 nitrogen and oxygen atoms in total. The number of benzene rings is 1. The summed E-state index contributed by atoms with van der Waals surface area (Å²) < 4.78 is 0. The van der Waals surface area contributed by atoms with Crippen LogP contribution in [-0.2, 0) is 4.79 Å². The van der Waals surface area contributed by atoms with Crippen molar-refractivity contribution >= 4 is 17.3 Å². The first-order valence-corrected chi connectivity index (χ1v) is 7.38. The van der Waals surface area contributed by atoms with Gasteiger partial charge in [-0.3, -0.25) is 4.79 Å². The van der Waals surface area contributed by atoms with Gasteiger partial charge in [0.1, 0.15) is 0 Å². The van der Waals surface area contributed by atoms with Crippen LogP contribution < -0.4 is 16.0 Å². The normalized spacial score (nSPS) is 16.1. The number of anilines is 2. The van der Waals surface area contributed by atoms with E-state index in [9.17, 15) is 4.79 Å². The van der Waals surface area contributed by atoms with Crippen LogP contribution in [-0.4, -0.2) is 24.5 Å². The van der Waals surface area contributed by atoms with Gasteiger partial charge in [0.25, 0.3) is 0 Å². The van der Waals surface area contributed by atoms with Crippen LogP contribution in [0.2, 0.25) is 0 Å². The molecule has 1 aromatic carbocycles. The summed E-state index contributed by atoms with van der Waals surface area (Å²) in [5.74, 6) is -0.0260. The Bertz CT molecular complexity index is 459. The van der Waals surface area contributed by atoms with Gasteiger partial charge in [0.2, 0.25) is 5.91 Å². The number of nitrogens with zero attached hydrogens (tertiary/aromatic N) is 1. The quantitative estimate of drug-likeness (QED) is 0.888. The van der Waals surface area contributed by atoms with Crippen LogP contribution in [0.15, 0.2) is 24.3 Å². The van der Waals surface area contributed by atoms with Gasteiger partial charge in [-0.25, -0.2) is 0 Å². The molecule has 1 aromatic rings. The number of hydrogen-bond acceptors (Lipinski definition) is 3. The third-order valence-corrected chi connectivity index (χ3v) is 3.49. The van der Waals surface area contributed by atoms with Gasteiger partial charge >= 0.3 is 0 Å². The van der Waals surface area contributed by atoms with E-state index in [2.05, 4.69) is 16.3 Å². The fourth-order valence-corrected chi connectivity index (χ4v) is 2.60. The van der Waals surface area contributed by atoms with E-state index in [1.807, 2.05) is 32.0 Å². The number of hydrogen-bond donors (Lipinski definition) is 2. The highest BCUT2D eigenvalue weighted by atomic mass is 16.1. The topological polar surface area (TPSA) is 58.4 Å². The molecule has 1 fully saturated rings. The predicted octanol–water partition coefficient (Wildman–Crippen LogP) is 2.74. The average Bonchev–Trinajstić information content (AvgIpc) is 2.38. The second-order valence-corrected chi connectivity index (χ2v) is 6.28. The smallest absolute Gasteiger partial charge is 0.226 e. The number of nitrogens with one attached hydrogen (secondary N) is 1. The van der Waals surface area contributed by atoms with Crippen molar-refractivity contribution in [2.45, 2.75) is 45.1 Å². The van der Waals surface area contributed by atoms with Crippen molar-refractivity contribution in [3.05, 3.63) is 24.3 Å². The summed E-state index contributed by atoms with van der Waals surface area (Å²) >= 11 is 0. The van der Waals surface area contributed by atoms with Crippen molar-refractivity contribution in [1.82, 2.24) is 0 Å². The van der Waals surface area contributed by atoms with Crippen LogP contribution in [0.3, 0.4) is 0 Å². The summed E-state index contributed by atoms with van der Waals surface area (Å²) in [5, 5.41) is 3.00. The standard InChI is InChI=1S/C16H25N3O/c1-16(2,17)12-15(20)18-13-8-4-5-9-14(13)19-10-6-3-7-11-19/h4-5,8-9H,3,6-7,10-12,17H2,1-2H3,(H,18,20). The highest BCUT2D eigenvalue weighted by Gasteiger charge is 2.19. The molecule has 0 atom stereocenters. The monoisotopic (exact) mass is 275 g/mol. The lowest BCUT2D eigenvalue weighted by Gasteiger charge is -2.30. The maximum Gasteiger partial charge on any atom is 0.226 e. The Morgan fingerprint density at radius 3 is 2.55 bits per heavy atom. The Kier molecular flexibility index (Phi) is 4.65. The summed E-state index contributed by atoms with van der Waals surface area (Å²) in [6, 6.07) is 8.02. The average molecular weight is 275 g/mol. The molecule has 0 radical (unpaired) electrons. The molecule has 3 N–H and O–H groups in total. The van der Waals surface area contributed by atoms with Gasteiger partial charge in [0.05, 0.1) is 11.4 Å². The third kappa shape index (κ3) is 4.23. The predicted molar refractivity (Wildman–Crippen MR) is 84.0 cm³/mol. The molecule has 110 valence electrons. The number of carbonyl (C=O) groups is 1. The van der Waals surface area contributed by atoms with Crippen LogP contribution >= 0.6 is 0 Å². The highest BCUT2D eigenvalue weighted by Crippen LogP contribution is 2.28. The zero-order valence-corrected chi connectivity index (χ0v) is 12.5. The molecule has 0 aromatic heterocycles. The Hall–Kier alpha value is -1.55. The Morgan fingerprint density at radius 1 is 1.25 bits per heavy atom. The second kappa shape index (κ2) is 6.27. The van der Waals surface area contributed by atoms with Crippen molar-refractivity contribution in [3.63, 3.8) is 0 Å². The van der Waals surface area contributed by atoms with Crippen molar-refractivity contribution < 1.29 is 4.79 Å². The lowest BCUT2D eigenvalue weighted by atomic mass is 10.0. The molecule has 1 heterocycles. The van der Waals surface area contributed by atoms with Gasteiger partial charge < -0.3 is 16.0 Å². The van der Waals surface area contributed by atoms with Crippen LogP contribution in [0.1, 0.15) is 39.5 Å². The van der Waals surface area contributed by atoms with Crippen molar-refractivity contribution in [1.29, 1.82) is 0 Å². The molecule has 0 spiro atoms. The molecule has 1 saturated heterocycles. The first-order valence-electron chi connectivity index (χ1n) is 7.38. The van der Waals surface area contributed by atoms with Gasteiger partial charge in [0.15, 0.2) is 0 Å². The maximum atomic E-state index is 12.1. The number of piperidine rings is 1. The van der Waals surface area contributed by atoms with Crippen LogP contribution in [0.5, 0.6) is 0 Å². The van der Waals surface area contributed by atoms with E-state index < -0.39 is 5.54 Å². The van der Waals surface area contributed by atoms with E-state index >= 15 is 0 Å². The molecule has 20 heavy (non-hydrogen) atoms. The molecular formula is C16H25N3O. The fourth-order valence-electron chi connectivity index (χ4n) is 2.60. The van der Waals surface area contributed by atoms with Crippen LogP contribution in [0, 0.1) is 0 Å². The van der Waals surface area contributed by atoms with E-state index in [1.165, 1.54) is 19.3 Å². The second-order valence-electron chi connectivity index (χ2n) is 6.28. The van der Waals surface area contributed by atoms with Crippen molar-refractivity contribution in [3.8, 4) is 0 Å². The molecule has 0 saturated carbocycles. The molecular weight excluding hydrogens is 250 g/mol. The van der Waals surface area contributed by atoms with E-state index in [-0.39, 0.29) is 5.91 Å². The number of carbonyl (C=O) groups excluding carboxylic acids is 1. The maximum absolute atomic E-state index is 12.1. The van der Waals surface area contributed by atoms with E-state index in [0.29, 0.717) is 6.42 Å². The lowest BCUT2D eigenvalue weighted by Crippen LogP contribution is -2.37. The van der Waals surface area contributed by atoms with Crippen LogP contribution in [0.25, 0.3) is 0 Å². The highest BCUT2D eigenvalue weighted by molar-refractivity contribution is 5.94. The molecule has 0 unspecified atom stereocenters. The fraction of sp³-hybridized carbons (Fsp3) is 0.562. The molecule has 2 rings (SSSR count). The minimum absolute atomic E-state index is 0.0260. The summed E-state index contributed by atoms with van der Waals surface area (Å²) in [6.45, 7) is 5.86. The summed E-state index contributed by atoms with van der Waals surface area (Å²) in [6.07, 6.45) is 4.06. The van der Waals surface area contributed by atoms with Crippen molar-refractivity contribution in [2.24, 2.45) is 5.73 Å². The SMILES string of the molecule is CC(C)(N)CC(=O)Nc1ccccc1N1CCCCC1. The molecule has 1 aliphatic heterocycles. The van der Waals surface area contributed by atoms with Crippen molar-refractivity contribution in [2.75, 3.05) is 23.3 Å². The molecule has 0 bridgehead atoms. The largest absolute Gasteiger partial charge is 0.370 e. The van der Waals surface area contributed by atoms with E-state index in [4.69, 9.17) is 5.73 Å². The molecule has 1 aliphatic rings. The molecule has 0 aliphatic carbocycles. The lowest BCUT2D eigenvalue weighted by molar-refractivity contribution is -0.117. The minimum Gasteiger partial charge on any atom is -0.370 e. The zero-order valence-electron chi connectivity index (χ0n) is 12.5. The first kappa shape index (κ1) is 14.9. The first-order chi connectivity index (χ1) is 9.46. The van der Waals surface area contributed by atoms with Gasteiger partial charge in [0, 0.05) is 25.0 Å². The Balaban J connectivity index is 2.09. The summed E-state index contributed by atoms with van der Waals surface area (Å²) in [4.78, 5) is 14.4. The van der Waals surface area contributed by atoms with E-state index in [0.717, 1.165) is 24.5 Å². The summed E-state index contributed by atoms with van der Waals surface area (Å²) in [5.41, 5.74) is 7.43. The Labute approximate surface area is 121 Å². The van der Waals surface area contributed by atoms with Gasteiger partial charge in [-0.2, -0.15) is 0 Å². The van der Waals surface area contributed by atoms with Crippen LogP contribution in [0.4, 0.5) is 11.4 Å². The number of amides is 1. The van der Waals surface area contributed by atoms with Gasteiger partial charge in [-0.15, -0.1) is 0 Å². The number of rotatable bonds is 4. The zero-order chi connectivity index (χ0) is 14.6. The Morgan fingerprint density at radius 2 is 1.90 bits per heavy atom. The molecule has 1 amide bonds. The molecule has 4 heteroatoms. The minimum atomic E-state index is -0.482. The van der Waals surface area contributed by atoms with Gasteiger partial charge in [-0.05, 0) is 45.2 Å². The summed E-state index contributed by atoms with van der Waals surface area (Å²) in [7, 11) is 0. The number of para-hydroxylation sites is 2. The van der Waals surface area contributed by atoms with E-state index in [1.54, 1.807) is 0 Å².